The van der Waals surface area contributed by atoms with Crippen molar-refractivity contribution < 1.29 is 22.7 Å². The first kappa shape index (κ1) is 19.0. The first-order valence-electron chi connectivity index (χ1n) is 9.99. The van der Waals surface area contributed by atoms with Crippen molar-refractivity contribution in [2.24, 2.45) is 5.92 Å². The molecule has 0 N–H and O–H groups in total. The van der Waals surface area contributed by atoms with Gasteiger partial charge in [-0.15, -0.1) is 0 Å². The lowest BCUT2D eigenvalue weighted by molar-refractivity contribution is -0.127. The molecule has 5 rings (SSSR count). The lowest BCUT2D eigenvalue weighted by Crippen LogP contribution is -2.41. The van der Waals surface area contributed by atoms with Crippen LogP contribution in [0.4, 0.5) is 11.4 Å². The van der Waals surface area contributed by atoms with Crippen LogP contribution >= 0.6 is 0 Å². The molecular formula is C22H22N2O5S. The number of carbonyl (C=O) groups is 1. The number of rotatable bonds is 2. The van der Waals surface area contributed by atoms with E-state index in [1.54, 1.807) is 46.2 Å². The molecule has 0 aliphatic carbocycles. The number of para-hydroxylation sites is 1. The molecule has 0 aromatic heterocycles. The molecule has 1 saturated heterocycles. The molecule has 1 fully saturated rings. The molecule has 2 aromatic carbocycles. The molecule has 156 valence electrons. The second-order valence-corrected chi connectivity index (χ2v) is 9.73. The number of benzene rings is 2. The molecule has 0 bridgehead atoms. The minimum atomic E-state index is -3.93. The third kappa shape index (κ3) is 3.02. The summed E-state index contributed by atoms with van der Waals surface area (Å²) in [4.78, 5) is 16.6. The molecule has 3 aliphatic heterocycles. The van der Waals surface area contributed by atoms with Crippen LogP contribution < -0.4 is 14.4 Å². The van der Waals surface area contributed by atoms with E-state index in [2.05, 4.69) is 6.92 Å². The maximum atomic E-state index is 13.3. The molecule has 3 aliphatic rings. The van der Waals surface area contributed by atoms with Crippen LogP contribution in [0.1, 0.15) is 19.8 Å². The quantitative estimate of drug-likeness (QED) is 0.732. The van der Waals surface area contributed by atoms with Gasteiger partial charge < -0.3 is 19.3 Å². The molecule has 3 heterocycles. The third-order valence-corrected chi connectivity index (χ3v) is 7.65. The van der Waals surface area contributed by atoms with E-state index < -0.39 is 15.7 Å². The number of nitrogens with zero attached hydrogens (tertiary/aromatic N) is 2. The van der Waals surface area contributed by atoms with Gasteiger partial charge in [-0.1, -0.05) is 19.1 Å². The van der Waals surface area contributed by atoms with Crippen molar-refractivity contribution in [3.63, 3.8) is 0 Å². The summed E-state index contributed by atoms with van der Waals surface area (Å²) in [5, 5.41) is 0. The van der Waals surface area contributed by atoms with Crippen molar-refractivity contribution >= 4 is 27.1 Å². The van der Waals surface area contributed by atoms with Crippen molar-refractivity contribution in [1.29, 1.82) is 0 Å². The number of anilines is 2. The van der Waals surface area contributed by atoms with E-state index in [1.807, 2.05) is 6.07 Å². The Bertz CT molecular complexity index is 1150. The Morgan fingerprint density at radius 2 is 1.77 bits per heavy atom. The molecule has 0 radical (unpaired) electrons. The monoisotopic (exact) mass is 426 g/mol. The number of carbonyl (C=O) groups excluding carboxylic acids is 1. The van der Waals surface area contributed by atoms with E-state index in [0.717, 1.165) is 12.8 Å². The molecule has 1 amide bonds. The zero-order chi connectivity index (χ0) is 20.9. The van der Waals surface area contributed by atoms with Gasteiger partial charge >= 0.3 is 0 Å². The number of fused-ring (bicyclic) bond motifs is 2. The van der Waals surface area contributed by atoms with Gasteiger partial charge in [-0.25, -0.2) is 8.42 Å². The molecule has 7 nitrogen and oxygen atoms in total. The molecule has 0 spiro atoms. The smallest absolute Gasteiger partial charge is 0.267 e. The number of amides is 1. The second-order valence-electron chi connectivity index (χ2n) is 7.85. The fourth-order valence-corrected chi connectivity index (χ4v) is 5.58. The van der Waals surface area contributed by atoms with Gasteiger partial charge in [0.15, 0.2) is 16.4 Å². The molecule has 2 aromatic rings. The second kappa shape index (κ2) is 7.05. The maximum Gasteiger partial charge on any atom is 0.267 e. The maximum absolute atomic E-state index is 13.3. The molecule has 30 heavy (non-hydrogen) atoms. The Kier molecular flexibility index (Phi) is 4.47. The van der Waals surface area contributed by atoms with Gasteiger partial charge in [-0.05, 0) is 43.0 Å². The van der Waals surface area contributed by atoms with Gasteiger partial charge in [0.2, 0.25) is 16.6 Å². The Morgan fingerprint density at radius 3 is 2.57 bits per heavy atom. The van der Waals surface area contributed by atoms with Crippen molar-refractivity contribution in [3.8, 4) is 11.5 Å². The standard InChI is InChI=1S/C22H22N2O5S/c1-15-8-10-23(11-9-15)22(25)21-13-24(16-6-7-18-19(12-16)29-14-28-18)17-4-2-3-5-20(17)30(21,26)27/h2-7,12-13,15H,8-11,14H2,1H3. The Morgan fingerprint density at radius 1 is 1.03 bits per heavy atom. The SMILES string of the molecule is CC1CCN(C(=O)C2=CN(c3ccc4c(c3)OCO4)c3ccccc3S2(=O)=O)CC1. The Hall–Kier alpha value is -3.00. The van der Waals surface area contributed by atoms with Crippen LogP contribution in [-0.2, 0) is 14.6 Å². The fourth-order valence-electron chi connectivity index (χ4n) is 4.04. The van der Waals surface area contributed by atoms with E-state index in [0.29, 0.717) is 41.9 Å². The summed E-state index contributed by atoms with van der Waals surface area (Å²) < 4.78 is 37.5. The van der Waals surface area contributed by atoms with Gasteiger partial charge in [0, 0.05) is 31.0 Å². The Balaban J connectivity index is 1.60. The van der Waals surface area contributed by atoms with E-state index >= 15 is 0 Å². The lowest BCUT2D eigenvalue weighted by atomic mass is 9.99. The average Bonchev–Trinajstić information content (AvgIpc) is 3.22. The minimum Gasteiger partial charge on any atom is -0.454 e. The number of piperidine rings is 1. The first-order chi connectivity index (χ1) is 14.4. The van der Waals surface area contributed by atoms with Gasteiger partial charge in [-0.2, -0.15) is 0 Å². The molecule has 0 saturated carbocycles. The fraction of sp³-hybridized carbons (Fsp3) is 0.318. The summed E-state index contributed by atoms with van der Waals surface area (Å²) in [7, 11) is -3.93. The van der Waals surface area contributed by atoms with Crippen LogP contribution in [0.5, 0.6) is 11.5 Å². The number of hydrogen-bond acceptors (Lipinski definition) is 6. The summed E-state index contributed by atoms with van der Waals surface area (Å²) in [5.41, 5.74) is 1.19. The number of hydrogen-bond donors (Lipinski definition) is 0. The average molecular weight is 426 g/mol. The van der Waals surface area contributed by atoms with Gasteiger partial charge in [-0.3, -0.25) is 4.79 Å². The third-order valence-electron chi connectivity index (χ3n) is 5.87. The zero-order valence-electron chi connectivity index (χ0n) is 16.6. The summed E-state index contributed by atoms with van der Waals surface area (Å²) in [5.74, 6) is 1.32. The molecule has 0 atom stereocenters. The van der Waals surface area contributed by atoms with Crippen LogP contribution in [-0.4, -0.2) is 39.1 Å². The van der Waals surface area contributed by atoms with Crippen molar-refractivity contribution in [2.75, 3.05) is 24.8 Å². The van der Waals surface area contributed by atoms with Gasteiger partial charge in [0.05, 0.1) is 10.6 Å². The van der Waals surface area contributed by atoms with E-state index in [1.165, 1.54) is 6.20 Å². The van der Waals surface area contributed by atoms with Crippen LogP contribution in [0.2, 0.25) is 0 Å². The van der Waals surface area contributed by atoms with Crippen LogP contribution in [0, 0.1) is 5.92 Å². The normalized spacial score (nSPS) is 20.0. The number of sulfone groups is 1. The van der Waals surface area contributed by atoms with E-state index in [-0.39, 0.29) is 16.6 Å². The first-order valence-corrected chi connectivity index (χ1v) is 11.5. The lowest BCUT2D eigenvalue weighted by Gasteiger charge is -2.33. The van der Waals surface area contributed by atoms with Crippen LogP contribution in [0.15, 0.2) is 58.5 Å². The summed E-state index contributed by atoms with van der Waals surface area (Å²) in [6, 6.07) is 12.1. The molecular weight excluding hydrogens is 404 g/mol. The predicted octanol–water partition coefficient (Wildman–Crippen LogP) is 3.44. The van der Waals surface area contributed by atoms with Gasteiger partial charge in [0.1, 0.15) is 0 Å². The highest BCUT2D eigenvalue weighted by Gasteiger charge is 2.38. The zero-order valence-corrected chi connectivity index (χ0v) is 17.4. The van der Waals surface area contributed by atoms with Crippen molar-refractivity contribution in [1.82, 2.24) is 4.90 Å². The van der Waals surface area contributed by atoms with Crippen LogP contribution in [0.25, 0.3) is 0 Å². The van der Waals surface area contributed by atoms with Gasteiger partial charge in [0.25, 0.3) is 5.91 Å². The minimum absolute atomic E-state index is 0.124. The van der Waals surface area contributed by atoms with E-state index in [9.17, 15) is 13.2 Å². The largest absolute Gasteiger partial charge is 0.454 e. The Labute approximate surface area is 175 Å². The molecule has 0 unspecified atom stereocenters. The van der Waals surface area contributed by atoms with Crippen molar-refractivity contribution in [2.45, 2.75) is 24.7 Å². The topological polar surface area (TPSA) is 76.2 Å². The molecule has 8 heteroatoms. The summed E-state index contributed by atoms with van der Waals surface area (Å²) in [6.07, 6.45) is 3.19. The highest BCUT2D eigenvalue weighted by Crippen LogP contribution is 2.43. The van der Waals surface area contributed by atoms with Crippen LogP contribution in [0.3, 0.4) is 0 Å². The summed E-state index contributed by atoms with van der Waals surface area (Å²) >= 11 is 0. The predicted molar refractivity (Wildman–Crippen MR) is 111 cm³/mol. The highest BCUT2D eigenvalue weighted by atomic mass is 32.2. The van der Waals surface area contributed by atoms with E-state index in [4.69, 9.17) is 9.47 Å². The number of ether oxygens (including phenoxy) is 2. The highest BCUT2D eigenvalue weighted by molar-refractivity contribution is 7.96. The number of likely N-dealkylation sites (tertiary alicyclic amines) is 1. The van der Waals surface area contributed by atoms with Crippen molar-refractivity contribution in [3.05, 3.63) is 53.6 Å². The summed E-state index contributed by atoms with van der Waals surface area (Å²) in [6.45, 7) is 3.43.